The average Bonchev–Trinajstić information content (AvgIpc) is 3.32. The van der Waals surface area contributed by atoms with Gasteiger partial charge in [0.25, 0.3) is 5.91 Å². The highest BCUT2D eigenvalue weighted by molar-refractivity contribution is 5.91. The zero-order valence-electron chi connectivity index (χ0n) is 17.6. The van der Waals surface area contributed by atoms with Crippen LogP contribution in [0, 0.1) is 0 Å². The fourth-order valence-corrected chi connectivity index (χ4v) is 4.33. The lowest BCUT2D eigenvalue weighted by Crippen LogP contribution is -2.53. The third kappa shape index (κ3) is 4.30. The summed E-state index contributed by atoms with van der Waals surface area (Å²) in [5.74, 6) is 1.48. The Morgan fingerprint density at radius 2 is 1.90 bits per heavy atom. The van der Waals surface area contributed by atoms with Crippen LogP contribution in [0.1, 0.15) is 47.0 Å². The van der Waals surface area contributed by atoms with Crippen molar-refractivity contribution in [1.29, 1.82) is 0 Å². The Hall–Kier alpha value is -2.96. The molecule has 7 heteroatoms. The number of rotatable bonds is 4. The smallest absolute Gasteiger partial charge is 0.289 e. The largest absolute Gasteiger partial charge is 0.508 e. The number of furan rings is 1. The van der Waals surface area contributed by atoms with Crippen LogP contribution in [0.3, 0.4) is 0 Å². The lowest BCUT2D eigenvalue weighted by atomic mass is 9.88. The van der Waals surface area contributed by atoms with Crippen LogP contribution < -0.4 is 5.32 Å². The Kier molecular flexibility index (Phi) is 6.26. The van der Waals surface area contributed by atoms with E-state index in [9.17, 15) is 9.90 Å². The van der Waals surface area contributed by atoms with Crippen molar-refractivity contribution >= 4 is 11.9 Å². The van der Waals surface area contributed by atoms with Crippen molar-refractivity contribution in [2.45, 2.75) is 39.2 Å². The molecule has 1 amide bonds. The van der Waals surface area contributed by atoms with E-state index in [1.165, 1.54) is 30.2 Å². The molecular weight excluding hydrogens is 380 g/mol. The number of nitrogens with zero attached hydrogens (tertiary/aromatic N) is 3. The van der Waals surface area contributed by atoms with Crippen LogP contribution in [-0.4, -0.2) is 59.5 Å². The highest BCUT2D eigenvalue weighted by atomic mass is 16.3. The number of phenols is 1. The number of aryl methyl sites for hydroxylation is 1. The Balaban J connectivity index is 1.45. The molecule has 1 aromatic heterocycles. The SMILES string of the molecule is CCNC(=NCc1c(O)ccc2c1CCCC2)N1CCN(C(=O)c2ccco2)CC1. The minimum atomic E-state index is -0.0672. The number of phenolic OH excluding ortho intramolecular Hbond substituents is 1. The van der Waals surface area contributed by atoms with E-state index in [4.69, 9.17) is 9.41 Å². The highest BCUT2D eigenvalue weighted by Crippen LogP contribution is 2.31. The summed E-state index contributed by atoms with van der Waals surface area (Å²) in [4.78, 5) is 21.3. The number of benzene rings is 1. The Morgan fingerprint density at radius 3 is 2.63 bits per heavy atom. The minimum Gasteiger partial charge on any atom is -0.508 e. The van der Waals surface area contributed by atoms with Gasteiger partial charge in [-0.3, -0.25) is 4.79 Å². The maximum Gasteiger partial charge on any atom is 0.289 e. The van der Waals surface area contributed by atoms with Crippen molar-refractivity contribution in [3.05, 3.63) is 53.0 Å². The molecule has 0 unspecified atom stereocenters. The first-order chi connectivity index (χ1) is 14.7. The standard InChI is InChI=1S/C23H30N4O3/c1-2-24-23(25-16-19-18-7-4-3-6-17(18)9-10-20(19)28)27-13-11-26(12-14-27)22(29)21-8-5-15-30-21/h5,8-10,15,28H,2-4,6-7,11-14,16H2,1H3,(H,24,25). The van der Waals surface area contributed by atoms with E-state index < -0.39 is 0 Å². The number of carbonyl (C=O) groups excluding carboxylic acids is 1. The van der Waals surface area contributed by atoms with Crippen LogP contribution in [0.25, 0.3) is 0 Å². The van der Waals surface area contributed by atoms with Crippen molar-refractivity contribution < 1.29 is 14.3 Å². The summed E-state index contributed by atoms with van der Waals surface area (Å²) in [6.07, 6.45) is 6.00. The number of nitrogens with one attached hydrogen (secondary N) is 1. The molecule has 4 rings (SSSR count). The molecule has 0 bridgehead atoms. The van der Waals surface area contributed by atoms with Crippen LogP contribution >= 0.6 is 0 Å². The van der Waals surface area contributed by atoms with Gasteiger partial charge in [-0.05, 0) is 61.9 Å². The third-order valence-electron chi connectivity index (χ3n) is 5.95. The minimum absolute atomic E-state index is 0.0672. The van der Waals surface area contributed by atoms with Gasteiger partial charge < -0.3 is 24.6 Å². The Morgan fingerprint density at radius 1 is 1.13 bits per heavy atom. The maximum atomic E-state index is 12.5. The van der Waals surface area contributed by atoms with E-state index in [2.05, 4.69) is 16.3 Å². The molecule has 1 aliphatic heterocycles. The predicted octanol–water partition coefficient (Wildman–Crippen LogP) is 2.79. The lowest BCUT2D eigenvalue weighted by molar-refractivity contribution is 0.0657. The number of hydrogen-bond acceptors (Lipinski definition) is 4. The molecule has 1 saturated heterocycles. The highest BCUT2D eigenvalue weighted by Gasteiger charge is 2.25. The molecule has 160 valence electrons. The summed E-state index contributed by atoms with van der Waals surface area (Å²) in [6, 6.07) is 7.29. The number of aromatic hydroxyl groups is 1. The molecule has 1 fully saturated rings. The van der Waals surface area contributed by atoms with Crippen LogP contribution in [0.15, 0.2) is 39.9 Å². The quantitative estimate of drug-likeness (QED) is 0.598. The average molecular weight is 411 g/mol. The summed E-state index contributed by atoms with van der Waals surface area (Å²) in [5, 5.41) is 13.8. The van der Waals surface area contributed by atoms with Crippen molar-refractivity contribution in [2.24, 2.45) is 4.99 Å². The maximum absolute atomic E-state index is 12.5. The summed E-state index contributed by atoms with van der Waals surface area (Å²) >= 11 is 0. The fourth-order valence-electron chi connectivity index (χ4n) is 4.33. The molecule has 2 heterocycles. The molecule has 7 nitrogen and oxygen atoms in total. The first-order valence-corrected chi connectivity index (χ1v) is 10.9. The van der Waals surface area contributed by atoms with Gasteiger partial charge in [-0.25, -0.2) is 4.99 Å². The summed E-state index contributed by atoms with van der Waals surface area (Å²) < 4.78 is 5.24. The molecule has 0 spiro atoms. The van der Waals surface area contributed by atoms with Gasteiger partial charge in [-0.1, -0.05) is 6.07 Å². The third-order valence-corrected chi connectivity index (χ3v) is 5.95. The number of amides is 1. The molecule has 0 radical (unpaired) electrons. The molecule has 2 aliphatic rings. The van der Waals surface area contributed by atoms with Gasteiger partial charge in [0.15, 0.2) is 11.7 Å². The monoisotopic (exact) mass is 410 g/mol. The van der Waals surface area contributed by atoms with Crippen molar-refractivity contribution in [2.75, 3.05) is 32.7 Å². The molecule has 30 heavy (non-hydrogen) atoms. The van der Waals surface area contributed by atoms with Crippen molar-refractivity contribution in [1.82, 2.24) is 15.1 Å². The second-order valence-electron chi connectivity index (χ2n) is 7.83. The molecular formula is C23H30N4O3. The zero-order valence-corrected chi connectivity index (χ0v) is 17.6. The van der Waals surface area contributed by atoms with E-state index in [1.54, 1.807) is 18.2 Å². The van der Waals surface area contributed by atoms with Gasteiger partial charge in [0.2, 0.25) is 0 Å². The number of aliphatic imine (C=N–C) groups is 1. The second-order valence-corrected chi connectivity index (χ2v) is 7.83. The molecule has 1 aromatic carbocycles. The van der Waals surface area contributed by atoms with E-state index >= 15 is 0 Å². The van der Waals surface area contributed by atoms with E-state index in [0.29, 0.717) is 44.2 Å². The lowest BCUT2D eigenvalue weighted by Gasteiger charge is -2.36. The van der Waals surface area contributed by atoms with Crippen LogP contribution in [-0.2, 0) is 19.4 Å². The number of guanidine groups is 1. The Labute approximate surface area is 177 Å². The Bertz CT molecular complexity index is 899. The van der Waals surface area contributed by atoms with Gasteiger partial charge in [-0.2, -0.15) is 0 Å². The molecule has 2 N–H and O–H groups in total. The van der Waals surface area contributed by atoms with E-state index in [1.807, 2.05) is 11.8 Å². The van der Waals surface area contributed by atoms with Gasteiger partial charge >= 0.3 is 0 Å². The summed E-state index contributed by atoms with van der Waals surface area (Å²) in [7, 11) is 0. The topological polar surface area (TPSA) is 81.3 Å². The number of fused-ring (bicyclic) bond motifs is 1. The number of hydrogen-bond donors (Lipinski definition) is 2. The molecule has 1 aliphatic carbocycles. The van der Waals surface area contributed by atoms with Gasteiger partial charge in [-0.15, -0.1) is 0 Å². The van der Waals surface area contributed by atoms with E-state index in [0.717, 1.165) is 30.9 Å². The van der Waals surface area contributed by atoms with Gasteiger partial charge in [0.1, 0.15) is 5.75 Å². The van der Waals surface area contributed by atoms with Crippen LogP contribution in [0.4, 0.5) is 0 Å². The molecule has 0 saturated carbocycles. The summed E-state index contributed by atoms with van der Waals surface area (Å²) in [5.41, 5.74) is 3.57. The van der Waals surface area contributed by atoms with E-state index in [-0.39, 0.29) is 5.91 Å². The zero-order chi connectivity index (χ0) is 20.9. The second kappa shape index (κ2) is 9.24. The first kappa shape index (κ1) is 20.3. The number of piperazine rings is 1. The first-order valence-electron chi connectivity index (χ1n) is 10.9. The normalized spacial score (nSPS) is 17.0. The number of carbonyl (C=O) groups is 1. The van der Waals surface area contributed by atoms with Crippen LogP contribution in [0.2, 0.25) is 0 Å². The molecule has 0 atom stereocenters. The molecule has 2 aromatic rings. The van der Waals surface area contributed by atoms with Crippen molar-refractivity contribution in [3.8, 4) is 5.75 Å². The van der Waals surface area contributed by atoms with Crippen LogP contribution in [0.5, 0.6) is 5.75 Å². The fraction of sp³-hybridized carbons (Fsp3) is 0.478. The van der Waals surface area contributed by atoms with Crippen molar-refractivity contribution in [3.63, 3.8) is 0 Å². The van der Waals surface area contributed by atoms with Gasteiger partial charge in [0.05, 0.1) is 12.8 Å². The summed E-state index contributed by atoms with van der Waals surface area (Å²) in [6.45, 7) is 5.93. The van der Waals surface area contributed by atoms with Gasteiger partial charge in [0, 0.05) is 38.3 Å². The predicted molar refractivity (Wildman–Crippen MR) is 116 cm³/mol.